The van der Waals surface area contributed by atoms with E-state index in [2.05, 4.69) is 19.9 Å². The van der Waals surface area contributed by atoms with E-state index in [9.17, 15) is 37.1 Å². The van der Waals surface area contributed by atoms with Crippen molar-refractivity contribution in [1.29, 1.82) is 0 Å². The van der Waals surface area contributed by atoms with Crippen molar-refractivity contribution in [1.82, 2.24) is 29.2 Å². The van der Waals surface area contributed by atoms with E-state index < -0.39 is 42.6 Å². The SMILES string of the molecule is Cc1cc(-c2ccc3nc(C4CCN(C5CC6(CCN(c7cccc8c7C(=O)N(C7CCC(=O)NC7=O)C8=O)CC6)C5)CC4)n(CCOC(F)(F)F)c3c2)cn(C)c1=O. The molecule has 1 N–H and O–H groups in total. The molecule has 2 aromatic carbocycles. The van der Waals surface area contributed by atoms with Crippen molar-refractivity contribution >= 4 is 40.3 Å². The lowest BCUT2D eigenvalue weighted by Crippen LogP contribution is -2.56. The number of anilines is 1. The standard InChI is InChI=1S/C43H46F3N7O6/c1-25-20-28(24-49(2)39(25)56)27-6-7-31-34(21-27)52(18-19-59-43(44,45)46)37(47-31)26-10-14-50(15-11-26)29-22-42(23-29)12-16-51(17-13-42)32-5-3-4-30-36(32)41(58)53(40(30)57)33-8-9-35(54)48-38(33)55/h3-7,20-21,24,26,29,33H,8-19,22-23H2,1-2H3,(H,48,54,55). The van der Waals surface area contributed by atoms with E-state index in [1.165, 1.54) is 4.57 Å². The quantitative estimate of drug-likeness (QED) is 0.236. The lowest BCUT2D eigenvalue weighted by molar-refractivity contribution is -0.325. The molecular weight excluding hydrogens is 768 g/mol. The Balaban J connectivity index is 0.843. The summed E-state index contributed by atoms with van der Waals surface area (Å²) in [5, 5.41) is 2.25. The molecule has 16 heteroatoms. The van der Waals surface area contributed by atoms with Crippen LogP contribution in [0, 0.1) is 12.3 Å². The molecule has 4 amide bonds. The first-order chi connectivity index (χ1) is 28.2. The number of halogens is 3. The summed E-state index contributed by atoms with van der Waals surface area (Å²) in [7, 11) is 1.69. The van der Waals surface area contributed by atoms with Gasteiger partial charge < -0.3 is 18.9 Å². The average molecular weight is 814 g/mol. The number of hydrogen-bond acceptors (Lipinski definition) is 9. The molecule has 1 spiro atoms. The maximum atomic E-state index is 13.7. The number of aromatic nitrogens is 3. The number of benzene rings is 2. The van der Waals surface area contributed by atoms with Crippen LogP contribution in [0.5, 0.6) is 0 Å². The van der Waals surface area contributed by atoms with E-state index in [0.717, 1.165) is 92.1 Å². The van der Waals surface area contributed by atoms with Gasteiger partial charge in [-0.05, 0) is 112 Å². The third-order valence-electron chi connectivity index (χ3n) is 13.4. The Bertz CT molecular complexity index is 2410. The van der Waals surface area contributed by atoms with Crippen molar-refractivity contribution in [3.05, 3.63) is 81.5 Å². The van der Waals surface area contributed by atoms with Gasteiger partial charge in [0.2, 0.25) is 11.8 Å². The Hall–Kier alpha value is -5.35. The Morgan fingerprint density at radius 2 is 1.66 bits per heavy atom. The normalized spacial score (nSPS) is 21.7. The molecule has 1 unspecified atom stereocenters. The fourth-order valence-corrected chi connectivity index (χ4v) is 10.3. The topological polar surface area (TPSA) is 139 Å². The minimum Gasteiger partial charge on any atom is -0.371 e. The van der Waals surface area contributed by atoms with Gasteiger partial charge >= 0.3 is 6.36 Å². The number of aryl methyl sites for hydroxylation is 2. The summed E-state index contributed by atoms with van der Waals surface area (Å²) in [5.41, 5.74) is 5.13. The molecule has 5 aliphatic rings. The second-order valence-corrected chi connectivity index (χ2v) is 17.0. The largest absolute Gasteiger partial charge is 0.522 e. The van der Waals surface area contributed by atoms with Gasteiger partial charge in [0.1, 0.15) is 11.9 Å². The minimum absolute atomic E-state index is 0.00216. The molecule has 1 aliphatic carbocycles. The number of piperidine rings is 3. The first-order valence-electron chi connectivity index (χ1n) is 20.4. The Labute approximate surface area is 338 Å². The van der Waals surface area contributed by atoms with Gasteiger partial charge in [0.05, 0.1) is 34.5 Å². The van der Waals surface area contributed by atoms with Crippen LogP contribution < -0.4 is 15.8 Å². The fraction of sp³-hybridized carbons (Fsp3) is 0.488. The number of carbonyl (C=O) groups is 4. The van der Waals surface area contributed by atoms with Crippen LogP contribution >= 0.6 is 0 Å². The van der Waals surface area contributed by atoms with Crippen LogP contribution in [0.2, 0.25) is 0 Å². The van der Waals surface area contributed by atoms with Gasteiger partial charge in [-0.25, -0.2) is 4.98 Å². The molecule has 0 bridgehead atoms. The van der Waals surface area contributed by atoms with Crippen LogP contribution in [-0.4, -0.2) is 98.8 Å². The number of carbonyl (C=O) groups excluding carboxylic acids is 4. The number of likely N-dealkylation sites (tertiary alicyclic amines) is 1. The van der Waals surface area contributed by atoms with Crippen LogP contribution in [0.3, 0.4) is 0 Å². The van der Waals surface area contributed by atoms with Crippen LogP contribution in [0.4, 0.5) is 18.9 Å². The van der Waals surface area contributed by atoms with E-state index in [4.69, 9.17) is 4.98 Å². The van der Waals surface area contributed by atoms with Crippen molar-refractivity contribution in [2.45, 2.75) is 89.2 Å². The number of fused-ring (bicyclic) bond motifs is 2. The summed E-state index contributed by atoms with van der Waals surface area (Å²) < 4.78 is 46.8. The van der Waals surface area contributed by atoms with Crippen molar-refractivity contribution in [2.75, 3.05) is 37.7 Å². The predicted molar refractivity (Wildman–Crippen MR) is 211 cm³/mol. The molecule has 4 fully saturated rings. The number of nitrogens with one attached hydrogen (secondary N) is 1. The van der Waals surface area contributed by atoms with E-state index in [-0.39, 0.29) is 41.8 Å². The minimum atomic E-state index is -4.74. The average Bonchev–Trinajstić information content (AvgIpc) is 3.68. The Morgan fingerprint density at radius 3 is 2.36 bits per heavy atom. The van der Waals surface area contributed by atoms with E-state index >= 15 is 0 Å². The maximum absolute atomic E-state index is 13.7. The van der Waals surface area contributed by atoms with E-state index in [0.29, 0.717) is 28.4 Å². The van der Waals surface area contributed by atoms with Crippen LogP contribution in [0.1, 0.15) is 89.4 Å². The van der Waals surface area contributed by atoms with Crippen molar-refractivity contribution < 1.29 is 37.1 Å². The molecule has 13 nitrogen and oxygen atoms in total. The summed E-state index contributed by atoms with van der Waals surface area (Å²) in [5.74, 6) is -1.19. The lowest BCUT2D eigenvalue weighted by atomic mass is 9.59. The number of nitrogens with zero attached hydrogens (tertiary/aromatic N) is 6. The van der Waals surface area contributed by atoms with E-state index in [1.54, 1.807) is 32.3 Å². The van der Waals surface area contributed by atoms with Crippen LogP contribution in [-0.2, 0) is 27.9 Å². The van der Waals surface area contributed by atoms with Gasteiger partial charge in [-0.1, -0.05) is 12.1 Å². The number of hydrogen-bond donors (Lipinski definition) is 1. The number of imidazole rings is 1. The molecule has 3 saturated heterocycles. The second kappa shape index (κ2) is 14.7. The summed E-state index contributed by atoms with van der Waals surface area (Å²) in [6.07, 6.45) is 2.90. The van der Waals surface area contributed by atoms with Crippen molar-refractivity contribution in [2.24, 2.45) is 12.5 Å². The number of alkyl halides is 3. The van der Waals surface area contributed by atoms with Gasteiger partial charge in [0.15, 0.2) is 0 Å². The molecule has 4 aliphatic heterocycles. The zero-order valence-electron chi connectivity index (χ0n) is 33.0. The lowest BCUT2D eigenvalue weighted by Gasteiger charge is -2.56. The van der Waals surface area contributed by atoms with Crippen molar-refractivity contribution in [3.63, 3.8) is 0 Å². The summed E-state index contributed by atoms with van der Waals surface area (Å²) >= 11 is 0. The number of ether oxygens (including phenoxy) is 1. The number of amides is 4. The monoisotopic (exact) mass is 813 g/mol. The summed E-state index contributed by atoms with van der Waals surface area (Å²) in [4.78, 5) is 74.5. The predicted octanol–water partition coefficient (Wildman–Crippen LogP) is 5.28. The molecule has 6 heterocycles. The smallest absolute Gasteiger partial charge is 0.371 e. The number of rotatable bonds is 8. The highest BCUT2D eigenvalue weighted by Gasteiger charge is 2.50. The molecule has 2 aromatic heterocycles. The molecule has 4 aromatic rings. The molecule has 310 valence electrons. The van der Waals surface area contributed by atoms with Crippen LogP contribution in [0.25, 0.3) is 22.2 Å². The first-order valence-corrected chi connectivity index (χ1v) is 20.4. The number of pyridine rings is 1. The highest BCUT2D eigenvalue weighted by atomic mass is 19.4. The third kappa shape index (κ3) is 7.13. The zero-order valence-corrected chi connectivity index (χ0v) is 33.0. The van der Waals surface area contributed by atoms with Gasteiger partial charge in [-0.2, -0.15) is 0 Å². The van der Waals surface area contributed by atoms with Gasteiger partial charge in [-0.3, -0.25) is 38.9 Å². The molecule has 1 atom stereocenters. The first kappa shape index (κ1) is 39.1. The molecule has 9 rings (SSSR count). The Kier molecular flexibility index (Phi) is 9.77. The van der Waals surface area contributed by atoms with Crippen LogP contribution in [0.15, 0.2) is 53.5 Å². The zero-order chi connectivity index (χ0) is 41.4. The molecule has 0 radical (unpaired) electrons. The number of imide groups is 2. The third-order valence-corrected chi connectivity index (χ3v) is 13.4. The summed E-state index contributed by atoms with van der Waals surface area (Å²) in [6, 6.07) is 12.3. The van der Waals surface area contributed by atoms with Gasteiger partial charge in [0.25, 0.3) is 17.4 Å². The highest BCUT2D eigenvalue weighted by molar-refractivity contribution is 6.25. The van der Waals surface area contributed by atoms with Gasteiger partial charge in [0, 0.05) is 56.8 Å². The van der Waals surface area contributed by atoms with Crippen molar-refractivity contribution in [3.8, 4) is 11.1 Å². The molecule has 1 saturated carbocycles. The van der Waals surface area contributed by atoms with E-state index in [1.807, 2.05) is 34.9 Å². The maximum Gasteiger partial charge on any atom is 0.522 e. The summed E-state index contributed by atoms with van der Waals surface area (Å²) in [6.45, 7) is 4.42. The fourth-order valence-electron chi connectivity index (χ4n) is 10.3. The molecule has 59 heavy (non-hydrogen) atoms. The Morgan fingerprint density at radius 1 is 0.915 bits per heavy atom. The van der Waals surface area contributed by atoms with Gasteiger partial charge in [-0.15, -0.1) is 13.2 Å². The highest BCUT2D eigenvalue weighted by Crippen LogP contribution is 2.52. The molecular formula is C43H46F3N7O6. The second-order valence-electron chi connectivity index (χ2n) is 17.0.